The summed E-state index contributed by atoms with van der Waals surface area (Å²) < 4.78 is 24.1. The van der Waals surface area contributed by atoms with Crippen LogP contribution in [0.25, 0.3) is 0 Å². The quantitative estimate of drug-likeness (QED) is 0.785. The second-order valence-corrected chi connectivity index (χ2v) is 4.43. The van der Waals surface area contributed by atoms with Gasteiger partial charge in [-0.05, 0) is 12.1 Å². The van der Waals surface area contributed by atoms with Crippen LogP contribution < -0.4 is 9.47 Å². The fourth-order valence-corrected chi connectivity index (χ4v) is 1.88. The number of carbonyl (C=O) groups excluding carboxylic acids is 1. The molecule has 0 spiro atoms. The maximum Gasteiger partial charge on any atom is 0.163 e. The van der Waals surface area contributed by atoms with Gasteiger partial charge in [-0.25, -0.2) is 4.39 Å². The van der Waals surface area contributed by atoms with Crippen LogP contribution in [-0.2, 0) is 6.61 Å². The van der Waals surface area contributed by atoms with Gasteiger partial charge in [0.25, 0.3) is 0 Å². The van der Waals surface area contributed by atoms with E-state index in [1.807, 2.05) is 0 Å². The molecule has 2 aromatic carbocycles. The molecule has 20 heavy (non-hydrogen) atoms. The summed E-state index contributed by atoms with van der Waals surface area (Å²) in [6.45, 7) is 0.0415. The molecule has 3 nitrogen and oxygen atoms in total. The zero-order valence-corrected chi connectivity index (χ0v) is 11.5. The van der Waals surface area contributed by atoms with Gasteiger partial charge in [-0.2, -0.15) is 0 Å². The highest BCUT2D eigenvalue weighted by atomic mass is 35.5. The van der Waals surface area contributed by atoms with E-state index in [4.69, 9.17) is 21.1 Å². The lowest BCUT2D eigenvalue weighted by atomic mass is 10.2. The molecule has 2 rings (SSSR count). The summed E-state index contributed by atoms with van der Waals surface area (Å²) in [7, 11) is 1.45. The van der Waals surface area contributed by atoms with Crippen molar-refractivity contribution in [1.82, 2.24) is 0 Å². The Bertz CT molecular complexity index is 629. The van der Waals surface area contributed by atoms with Crippen molar-refractivity contribution in [2.75, 3.05) is 7.11 Å². The number of aldehydes is 1. The number of hydrogen-bond acceptors (Lipinski definition) is 3. The molecule has 0 fully saturated rings. The first kappa shape index (κ1) is 14.3. The lowest BCUT2D eigenvalue weighted by Crippen LogP contribution is -2.00. The molecule has 0 saturated carbocycles. The molecule has 0 aliphatic rings. The molecule has 0 aromatic heterocycles. The van der Waals surface area contributed by atoms with Gasteiger partial charge >= 0.3 is 0 Å². The molecule has 0 bridgehead atoms. The molecule has 0 unspecified atom stereocenters. The molecular weight excluding hydrogens is 283 g/mol. The SMILES string of the molecule is COc1cc(C=O)c(Cl)cc1OCc1ccccc1F. The van der Waals surface area contributed by atoms with Crippen LogP contribution in [0.3, 0.4) is 0 Å². The monoisotopic (exact) mass is 294 g/mol. The molecule has 0 amide bonds. The molecule has 0 aliphatic heterocycles. The molecule has 2 aromatic rings. The van der Waals surface area contributed by atoms with Crippen LogP contribution in [0.5, 0.6) is 11.5 Å². The van der Waals surface area contributed by atoms with E-state index in [1.165, 1.54) is 25.3 Å². The largest absolute Gasteiger partial charge is 0.493 e. The van der Waals surface area contributed by atoms with Crippen molar-refractivity contribution in [3.05, 3.63) is 58.4 Å². The van der Waals surface area contributed by atoms with E-state index in [1.54, 1.807) is 18.2 Å². The number of carbonyl (C=O) groups is 1. The molecule has 5 heteroatoms. The smallest absolute Gasteiger partial charge is 0.163 e. The van der Waals surface area contributed by atoms with E-state index in [0.717, 1.165) is 0 Å². The van der Waals surface area contributed by atoms with Crippen LogP contribution >= 0.6 is 11.6 Å². The zero-order chi connectivity index (χ0) is 14.5. The molecule has 0 heterocycles. The summed E-state index contributed by atoms with van der Waals surface area (Å²) in [5.74, 6) is 0.376. The van der Waals surface area contributed by atoms with E-state index in [9.17, 15) is 9.18 Å². The van der Waals surface area contributed by atoms with Crippen molar-refractivity contribution in [3.8, 4) is 11.5 Å². The first-order chi connectivity index (χ1) is 9.65. The number of ether oxygens (including phenoxy) is 2. The van der Waals surface area contributed by atoms with Gasteiger partial charge in [-0.3, -0.25) is 4.79 Å². The normalized spacial score (nSPS) is 10.2. The number of methoxy groups -OCH3 is 1. The molecule has 0 atom stereocenters. The Balaban J connectivity index is 2.23. The Morgan fingerprint density at radius 1 is 1.25 bits per heavy atom. The van der Waals surface area contributed by atoms with Crippen LogP contribution in [0.2, 0.25) is 5.02 Å². The predicted octanol–water partition coefficient (Wildman–Crippen LogP) is 3.88. The molecule has 104 valence electrons. The van der Waals surface area contributed by atoms with Gasteiger partial charge in [0.05, 0.1) is 12.1 Å². The number of hydrogen-bond donors (Lipinski definition) is 0. The molecular formula is C15H12ClFO3. The molecule has 0 radical (unpaired) electrons. The highest BCUT2D eigenvalue weighted by Gasteiger charge is 2.11. The lowest BCUT2D eigenvalue weighted by Gasteiger charge is -2.12. The van der Waals surface area contributed by atoms with E-state index in [-0.39, 0.29) is 17.4 Å². The van der Waals surface area contributed by atoms with E-state index in [2.05, 4.69) is 0 Å². The van der Waals surface area contributed by atoms with Crippen LogP contribution in [0.15, 0.2) is 36.4 Å². The first-order valence-electron chi connectivity index (χ1n) is 5.84. The number of rotatable bonds is 5. The van der Waals surface area contributed by atoms with Gasteiger partial charge in [0, 0.05) is 17.2 Å². The highest BCUT2D eigenvalue weighted by molar-refractivity contribution is 6.33. The minimum absolute atomic E-state index is 0.0415. The summed E-state index contributed by atoms with van der Waals surface area (Å²) in [6.07, 6.45) is 0.630. The topological polar surface area (TPSA) is 35.5 Å². The molecule has 0 N–H and O–H groups in total. The molecule has 0 saturated heterocycles. The van der Waals surface area contributed by atoms with Crippen molar-refractivity contribution < 1.29 is 18.7 Å². The van der Waals surface area contributed by atoms with Gasteiger partial charge in [0.2, 0.25) is 0 Å². The van der Waals surface area contributed by atoms with Crippen molar-refractivity contribution in [2.45, 2.75) is 6.61 Å². The van der Waals surface area contributed by atoms with Gasteiger partial charge in [-0.15, -0.1) is 0 Å². The maximum absolute atomic E-state index is 13.5. The number of halogens is 2. The average Bonchev–Trinajstić information content (AvgIpc) is 2.46. The second kappa shape index (κ2) is 6.39. The van der Waals surface area contributed by atoms with Crippen LogP contribution in [0, 0.1) is 5.82 Å². The maximum atomic E-state index is 13.5. The van der Waals surface area contributed by atoms with E-state index < -0.39 is 0 Å². The highest BCUT2D eigenvalue weighted by Crippen LogP contribution is 2.33. The van der Waals surface area contributed by atoms with Gasteiger partial charge in [-0.1, -0.05) is 29.8 Å². The molecule has 0 aliphatic carbocycles. The predicted molar refractivity (Wildman–Crippen MR) is 74.1 cm³/mol. The Kier molecular flexibility index (Phi) is 4.58. The summed E-state index contributed by atoms with van der Waals surface area (Å²) in [6, 6.07) is 9.27. The standard InChI is InChI=1S/C15H12ClFO3/c1-19-14-6-11(8-18)12(16)7-15(14)20-9-10-4-2-3-5-13(10)17/h2-8H,9H2,1H3. The Labute approximate surface area is 120 Å². The summed E-state index contributed by atoms with van der Waals surface area (Å²) >= 11 is 5.93. The van der Waals surface area contributed by atoms with Crippen molar-refractivity contribution >= 4 is 17.9 Å². The lowest BCUT2D eigenvalue weighted by molar-refractivity contribution is 0.112. The number of benzene rings is 2. The van der Waals surface area contributed by atoms with Crippen molar-refractivity contribution in [1.29, 1.82) is 0 Å². The Hall–Kier alpha value is -2.07. The summed E-state index contributed by atoms with van der Waals surface area (Å²) in [5.41, 5.74) is 0.729. The van der Waals surface area contributed by atoms with Crippen molar-refractivity contribution in [2.24, 2.45) is 0 Å². The average molecular weight is 295 g/mol. The fourth-order valence-electron chi connectivity index (χ4n) is 1.68. The van der Waals surface area contributed by atoms with Gasteiger partial charge < -0.3 is 9.47 Å². The second-order valence-electron chi connectivity index (χ2n) is 4.02. The third-order valence-electron chi connectivity index (χ3n) is 2.75. The van der Waals surface area contributed by atoms with Crippen LogP contribution in [0.1, 0.15) is 15.9 Å². The van der Waals surface area contributed by atoms with Gasteiger partial charge in [0.15, 0.2) is 17.8 Å². The third-order valence-corrected chi connectivity index (χ3v) is 3.08. The zero-order valence-electron chi connectivity index (χ0n) is 10.7. The summed E-state index contributed by atoms with van der Waals surface area (Å²) in [5, 5.41) is 0.254. The van der Waals surface area contributed by atoms with Crippen LogP contribution in [-0.4, -0.2) is 13.4 Å². The minimum Gasteiger partial charge on any atom is -0.493 e. The van der Waals surface area contributed by atoms with E-state index in [0.29, 0.717) is 28.9 Å². The minimum atomic E-state index is -0.345. The Morgan fingerprint density at radius 3 is 2.65 bits per heavy atom. The van der Waals surface area contributed by atoms with Crippen molar-refractivity contribution in [3.63, 3.8) is 0 Å². The van der Waals surface area contributed by atoms with Gasteiger partial charge in [0.1, 0.15) is 12.4 Å². The summed E-state index contributed by atoms with van der Waals surface area (Å²) in [4.78, 5) is 10.8. The first-order valence-corrected chi connectivity index (χ1v) is 6.22. The van der Waals surface area contributed by atoms with E-state index >= 15 is 0 Å². The third kappa shape index (κ3) is 3.08. The Morgan fingerprint density at radius 2 is 2.00 bits per heavy atom. The van der Waals surface area contributed by atoms with Crippen LogP contribution in [0.4, 0.5) is 4.39 Å². The fraction of sp³-hybridized carbons (Fsp3) is 0.133.